The van der Waals surface area contributed by atoms with Crippen LogP contribution in [0.2, 0.25) is 0 Å². The van der Waals surface area contributed by atoms with Crippen molar-refractivity contribution in [2.45, 2.75) is 39.5 Å². The van der Waals surface area contributed by atoms with E-state index >= 15 is 0 Å². The number of carbonyl (C=O) groups excluding carboxylic acids is 1. The molecule has 0 bridgehead atoms. The molecule has 1 amide bonds. The Labute approximate surface area is 79.9 Å². The normalized spacial score (nSPS) is 10.3. The lowest BCUT2D eigenvalue weighted by Crippen LogP contribution is -2.16. The molecule has 0 fully saturated rings. The Hall–Kier alpha value is -1.12. The summed E-state index contributed by atoms with van der Waals surface area (Å²) in [5.41, 5.74) is 3.27. The molecule has 0 heterocycles. The van der Waals surface area contributed by atoms with Gasteiger partial charge in [0.15, 0.2) is 0 Å². The van der Waals surface area contributed by atoms with Crippen molar-refractivity contribution < 1.29 is 4.79 Å². The molecule has 0 spiro atoms. The molecular weight excluding hydrogens is 164 g/mol. The van der Waals surface area contributed by atoms with E-state index in [0.29, 0.717) is 6.42 Å². The molecule has 13 heavy (non-hydrogen) atoms. The summed E-state index contributed by atoms with van der Waals surface area (Å²) in [6.45, 7) is 7.56. The van der Waals surface area contributed by atoms with Crippen molar-refractivity contribution in [1.29, 1.82) is 0 Å². The van der Waals surface area contributed by atoms with Gasteiger partial charge in [0.05, 0.1) is 0 Å². The van der Waals surface area contributed by atoms with E-state index in [4.69, 9.17) is 0 Å². The molecule has 0 radical (unpaired) electrons. The van der Waals surface area contributed by atoms with Crippen LogP contribution in [-0.4, -0.2) is 12.1 Å². The van der Waals surface area contributed by atoms with Gasteiger partial charge < -0.3 is 0 Å². The number of nitrogens with one attached hydrogen (secondary N) is 1. The molecule has 1 N–H and O–H groups in total. The van der Waals surface area contributed by atoms with Crippen LogP contribution in [0.3, 0.4) is 0 Å². The molecule has 0 aliphatic carbocycles. The summed E-state index contributed by atoms with van der Waals surface area (Å²) in [6.07, 6.45) is 5.25. The predicted molar refractivity (Wildman–Crippen MR) is 55.6 cm³/mol. The number of hydrogen-bond acceptors (Lipinski definition) is 2. The van der Waals surface area contributed by atoms with E-state index in [1.54, 1.807) is 0 Å². The molecule has 0 aromatic heterocycles. The van der Waals surface area contributed by atoms with E-state index in [2.05, 4.69) is 24.0 Å². The molecule has 0 rings (SSSR count). The van der Waals surface area contributed by atoms with E-state index in [1.165, 1.54) is 6.21 Å². The average Bonchev–Trinajstić information content (AvgIpc) is 2.04. The van der Waals surface area contributed by atoms with Crippen molar-refractivity contribution in [3.8, 4) is 0 Å². The van der Waals surface area contributed by atoms with Crippen molar-refractivity contribution in [2.24, 2.45) is 5.10 Å². The third-order valence-electron chi connectivity index (χ3n) is 1.48. The molecule has 0 unspecified atom stereocenters. The van der Waals surface area contributed by atoms with Gasteiger partial charge in [-0.3, -0.25) is 4.79 Å². The van der Waals surface area contributed by atoms with Gasteiger partial charge in [-0.2, -0.15) is 5.10 Å². The topological polar surface area (TPSA) is 41.5 Å². The number of allylic oxidation sites excluding steroid dienone is 1. The summed E-state index contributed by atoms with van der Waals surface area (Å²) in [4.78, 5) is 11.0. The Kier molecular flexibility index (Phi) is 6.88. The van der Waals surface area contributed by atoms with Crippen molar-refractivity contribution in [3.05, 3.63) is 12.2 Å². The summed E-state index contributed by atoms with van der Waals surface area (Å²) in [7, 11) is 0. The minimum absolute atomic E-state index is 0.0223. The zero-order valence-electron chi connectivity index (χ0n) is 8.47. The second-order valence-electron chi connectivity index (χ2n) is 3.10. The number of rotatable bonds is 6. The number of unbranched alkanes of at least 4 members (excludes halogenated alkanes) is 2. The predicted octanol–water partition coefficient (Wildman–Crippen LogP) is 2.24. The lowest BCUT2D eigenvalue weighted by atomic mass is 10.2. The van der Waals surface area contributed by atoms with Crippen molar-refractivity contribution in [1.82, 2.24) is 5.43 Å². The summed E-state index contributed by atoms with van der Waals surface area (Å²) in [5, 5.41) is 3.73. The molecule has 74 valence electrons. The highest BCUT2D eigenvalue weighted by Gasteiger charge is 1.97. The smallest absolute Gasteiger partial charge is 0.240 e. The highest BCUT2D eigenvalue weighted by atomic mass is 16.2. The van der Waals surface area contributed by atoms with Gasteiger partial charge in [-0.25, -0.2) is 5.43 Å². The van der Waals surface area contributed by atoms with Crippen molar-refractivity contribution >= 4 is 12.1 Å². The first-order valence-electron chi connectivity index (χ1n) is 4.64. The van der Waals surface area contributed by atoms with Gasteiger partial charge in [0.2, 0.25) is 5.91 Å². The number of hydrogen-bond donors (Lipinski definition) is 1. The van der Waals surface area contributed by atoms with Gasteiger partial charge in [-0.1, -0.05) is 26.3 Å². The first-order chi connectivity index (χ1) is 6.16. The third-order valence-corrected chi connectivity index (χ3v) is 1.48. The van der Waals surface area contributed by atoms with Gasteiger partial charge in [0.25, 0.3) is 0 Å². The minimum Gasteiger partial charge on any atom is -0.273 e. The summed E-state index contributed by atoms with van der Waals surface area (Å²) in [6, 6.07) is 0. The maximum atomic E-state index is 11.0. The van der Waals surface area contributed by atoms with Gasteiger partial charge in [-0.15, -0.1) is 0 Å². The van der Waals surface area contributed by atoms with Crippen LogP contribution in [-0.2, 0) is 4.79 Å². The second-order valence-corrected chi connectivity index (χ2v) is 3.10. The Bertz CT molecular complexity index is 197. The number of carbonyl (C=O) groups is 1. The molecule has 3 heteroatoms. The largest absolute Gasteiger partial charge is 0.273 e. The Morgan fingerprint density at radius 3 is 2.77 bits per heavy atom. The first-order valence-corrected chi connectivity index (χ1v) is 4.64. The maximum absolute atomic E-state index is 11.0. The minimum atomic E-state index is -0.0223. The quantitative estimate of drug-likeness (QED) is 0.382. The molecule has 0 aliphatic rings. The van der Waals surface area contributed by atoms with Crippen LogP contribution in [0.25, 0.3) is 0 Å². The average molecular weight is 182 g/mol. The molecular formula is C10H18N2O. The van der Waals surface area contributed by atoms with Crippen LogP contribution >= 0.6 is 0 Å². The monoisotopic (exact) mass is 182 g/mol. The van der Waals surface area contributed by atoms with Gasteiger partial charge in [0, 0.05) is 12.6 Å². The molecule has 0 saturated heterocycles. The zero-order valence-corrected chi connectivity index (χ0v) is 8.47. The summed E-state index contributed by atoms with van der Waals surface area (Å²) < 4.78 is 0. The van der Waals surface area contributed by atoms with Crippen LogP contribution in [0.1, 0.15) is 39.5 Å². The van der Waals surface area contributed by atoms with E-state index in [0.717, 1.165) is 24.8 Å². The number of amides is 1. The molecule has 0 aliphatic heterocycles. The Morgan fingerprint density at radius 2 is 2.23 bits per heavy atom. The van der Waals surface area contributed by atoms with Crippen molar-refractivity contribution in [3.63, 3.8) is 0 Å². The number of nitrogens with zero attached hydrogens (tertiary/aromatic N) is 1. The lowest BCUT2D eigenvalue weighted by molar-refractivity contribution is -0.121. The van der Waals surface area contributed by atoms with Gasteiger partial charge >= 0.3 is 0 Å². The molecule has 0 saturated carbocycles. The van der Waals surface area contributed by atoms with E-state index in [9.17, 15) is 4.79 Å². The molecule has 0 aromatic rings. The fourth-order valence-electron chi connectivity index (χ4n) is 0.806. The third kappa shape index (κ3) is 8.79. The molecule has 3 nitrogen and oxygen atoms in total. The molecule has 0 aromatic carbocycles. The SMILES string of the molecule is C=C(C)/C=N/NC(=O)CCCCC. The summed E-state index contributed by atoms with van der Waals surface area (Å²) in [5.74, 6) is -0.0223. The fourth-order valence-corrected chi connectivity index (χ4v) is 0.806. The first kappa shape index (κ1) is 11.9. The van der Waals surface area contributed by atoms with Crippen LogP contribution in [0.5, 0.6) is 0 Å². The Morgan fingerprint density at radius 1 is 1.54 bits per heavy atom. The van der Waals surface area contributed by atoms with Crippen LogP contribution < -0.4 is 5.43 Å². The zero-order chi connectivity index (χ0) is 10.1. The van der Waals surface area contributed by atoms with Crippen LogP contribution in [0.15, 0.2) is 17.3 Å². The summed E-state index contributed by atoms with van der Waals surface area (Å²) >= 11 is 0. The van der Waals surface area contributed by atoms with E-state index < -0.39 is 0 Å². The van der Waals surface area contributed by atoms with Crippen molar-refractivity contribution in [2.75, 3.05) is 0 Å². The number of hydrazone groups is 1. The highest BCUT2D eigenvalue weighted by Crippen LogP contribution is 1.97. The van der Waals surface area contributed by atoms with E-state index in [1.807, 2.05) is 6.92 Å². The van der Waals surface area contributed by atoms with Gasteiger partial charge in [0.1, 0.15) is 0 Å². The fraction of sp³-hybridized carbons (Fsp3) is 0.600. The van der Waals surface area contributed by atoms with Crippen LogP contribution in [0, 0.1) is 0 Å². The second kappa shape index (κ2) is 7.53. The molecule has 0 atom stereocenters. The van der Waals surface area contributed by atoms with Gasteiger partial charge in [-0.05, 0) is 18.9 Å². The Balaban J connectivity index is 3.46. The van der Waals surface area contributed by atoms with E-state index in [-0.39, 0.29) is 5.91 Å². The highest BCUT2D eigenvalue weighted by molar-refractivity contribution is 5.80. The lowest BCUT2D eigenvalue weighted by Gasteiger charge is -1.97. The maximum Gasteiger partial charge on any atom is 0.240 e. The standard InChI is InChI=1S/C10H18N2O/c1-4-5-6-7-10(13)12-11-8-9(2)3/h8H,2,4-7H2,1,3H3,(H,12,13)/b11-8+. The van der Waals surface area contributed by atoms with Crippen LogP contribution in [0.4, 0.5) is 0 Å².